The summed E-state index contributed by atoms with van der Waals surface area (Å²) < 4.78 is 0. The van der Waals surface area contributed by atoms with Crippen LogP contribution < -0.4 is 0 Å². The Hall–Kier alpha value is -2.48. The number of para-hydroxylation sites is 1. The average molecular weight is 275 g/mol. The first-order chi connectivity index (χ1) is 10.3. The number of carbonyl (C=O) groups is 1. The van der Waals surface area contributed by atoms with Gasteiger partial charge in [-0.1, -0.05) is 55.8 Å². The Morgan fingerprint density at radius 3 is 2.52 bits per heavy atom. The second-order valence-corrected chi connectivity index (χ2v) is 5.16. The molecule has 1 heterocycles. The Bertz CT molecular complexity index is 770. The molecular weight excluding hydrogens is 258 g/mol. The predicted molar refractivity (Wildman–Crippen MR) is 85.6 cm³/mol. The van der Waals surface area contributed by atoms with Crippen molar-refractivity contribution in [2.45, 2.75) is 19.8 Å². The van der Waals surface area contributed by atoms with E-state index >= 15 is 0 Å². The maximum absolute atomic E-state index is 12.7. The van der Waals surface area contributed by atoms with Gasteiger partial charge in [0.2, 0.25) is 0 Å². The molecule has 104 valence electrons. The van der Waals surface area contributed by atoms with Crippen molar-refractivity contribution in [2.75, 3.05) is 0 Å². The van der Waals surface area contributed by atoms with E-state index < -0.39 is 0 Å². The third kappa shape index (κ3) is 2.70. The lowest BCUT2D eigenvalue weighted by Crippen LogP contribution is -2.03. The molecule has 3 aromatic rings. The molecule has 0 saturated heterocycles. The van der Waals surface area contributed by atoms with Crippen molar-refractivity contribution in [2.24, 2.45) is 0 Å². The van der Waals surface area contributed by atoms with Crippen LogP contribution in [0.4, 0.5) is 0 Å². The number of fused-ring (bicyclic) bond motifs is 1. The average Bonchev–Trinajstić information content (AvgIpc) is 2.55. The fourth-order valence-corrected chi connectivity index (χ4v) is 2.55. The molecule has 0 bridgehead atoms. The molecule has 0 aliphatic carbocycles. The number of hydrogen-bond acceptors (Lipinski definition) is 2. The highest BCUT2D eigenvalue weighted by Crippen LogP contribution is 2.19. The summed E-state index contributed by atoms with van der Waals surface area (Å²) in [5.41, 5.74) is 3.41. The number of rotatable bonds is 4. The number of carbonyl (C=O) groups excluding carboxylic acids is 1. The second-order valence-electron chi connectivity index (χ2n) is 5.16. The predicted octanol–water partition coefficient (Wildman–Crippen LogP) is 4.42. The van der Waals surface area contributed by atoms with E-state index in [4.69, 9.17) is 0 Å². The Balaban J connectivity index is 2.00. The first-order valence-corrected chi connectivity index (χ1v) is 7.27. The molecule has 0 fully saturated rings. The summed E-state index contributed by atoms with van der Waals surface area (Å²) in [5, 5.41) is 0.992. The van der Waals surface area contributed by atoms with Crippen LogP contribution in [0.25, 0.3) is 10.9 Å². The normalized spacial score (nSPS) is 10.7. The van der Waals surface area contributed by atoms with Crippen LogP contribution >= 0.6 is 0 Å². The zero-order valence-corrected chi connectivity index (χ0v) is 12.0. The Morgan fingerprint density at radius 2 is 1.76 bits per heavy atom. The van der Waals surface area contributed by atoms with Gasteiger partial charge in [-0.05, 0) is 24.1 Å². The topological polar surface area (TPSA) is 30.0 Å². The lowest BCUT2D eigenvalue weighted by atomic mass is 9.99. The fraction of sp³-hybridized carbons (Fsp3) is 0.158. The summed E-state index contributed by atoms with van der Waals surface area (Å²) in [6.07, 6.45) is 3.88. The molecule has 0 amide bonds. The third-order valence-corrected chi connectivity index (χ3v) is 3.63. The van der Waals surface area contributed by atoms with E-state index in [0.29, 0.717) is 11.1 Å². The van der Waals surface area contributed by atoms with Crippen molar-refractivity contribution in [1.82, 2.24) is 4.98 Å². The molecule has 0 aliphatic rings. The SMILES string of the molecule is CCCc1ccc(C(=O)c2cccc3cccnc23)cc1. The maximum atomic E-state index is 12.7. The molecule has 0 radical (unpaired) electrons. The third-order valence-electron chi connectivity index (χ3n) is 3.63. The number of pyridine rings is 1. The van der Waals surface area contributed by atoms with Gasteiger partial charge in [0.1, 0.15) is 0 Å². The molecule has 0 saturated carbocycles. The molecule has 2 aromatic carbocycles. The number of ketones is 1. The zero-order chi connectivity index (χ0) is 14.7. The summed E-state index contributed by atoms with van der Waals surface area (Å²) in [6.45, 7) is 2.15. The van der Waals surface area contributed by atoms with Gasteiger partial charge in [-0.3, -0.25) is 9.78 Å². The Labute approximate surface area is 124 Å². The molecular formula is C19H17NO. The standard InChI is InChI=1S/C19H17NO/c1-2-5-14-9-11-16(12-10-14)19(21)17-8-3-6-15-7-4-13-20-18(15)17/h3-4,6-13H,2,5H2,1H3. The lowest BCUT2D eigenvalue weighted by molar-refractivity contribution is 0.104. The molecule has 0 aliphatic heterocycles. The maximum Gasteiger partial charge on any atom is 0.195 e. The van der Waals surface area contributed by atoms with Gasteiger partial charge in [-0.15, -0.1) is 0 Å². The van der Waals surface area contributed by atoms with Gasteiger partial charge >= 0.3 is 0 Å². The number of benzene rings is 2. The second kappa shape index (κ2) is 5.88. The molecule has 21 heavy (non-hydrogen) atoms. The molecule has 0 atom stereocenters. The lowest BCUT2D eigenvalue weighted by Gasteiger charge is -2.06. The first kappa shape index (κ1) is 13.5. The van der Waals surface area contributed by atoms with E-state index in [9.17, 15) is 4.79 Å². The summed E-state index contributed by atoms with van der Waals surface area (Å²) in [6, 6.07) is 17.5. The van der Waals surface area contributed by atoms with Gasteiger partial charge < -0.3 is 0 Å². The number of nitrogens with zero attached hydrogens (tertiary/aromatic N) is 1. The smallest absolute Gasteiger partial charge is 0.195 e. The number of hydrogen-bond donors (Lipinski definition) is 0. The van der Waals surface area contributed by atoms with Gasteiger partial charge in [0, 0.05) is 22.7 Å². The van der Waals surface area contributed by atoms with Crippen LogP contribution in [0.3, 0.4) is 0 Å². The van der Waals surface area contributed by atoms with E-state index in [2.05, 4.69) is 11.9 Å². The summed E-state index contributed by atoms with van der Waals surface area (Å²) in [4.78, 5) is 17.0. The molecule has 0 N–H and O–H groups in total. The van der Waals surface area contributed by atoms with Crippen LogP contribution in [0.5, 0.6) is 0 Å². The van der Waals surface area contributed by atoms with Crippen LogP contribution in [0, 0.1) is 0 Å². The van der Waals surface area contributed by atoms with E-state index in [1.54, 1.807) is 6.20 Å². The highest BCUT2D eigenvalue weighted by Gasteiger charge is 2.12. The van der Waals surface area contributed by atoms with Crippen molar-refractivity contribution >= 4 is 16.7 Å². The van der Waals surface area contributed by atoms with E-state index in [-0.39, 0.29) is 5.78 Å². The van der Waals surface area contributed by atoms with Crippen molar-refractivity contribution < 1.29 is 4.79 Å². The highest BCUT2D eigenvalue weighted by molar-refractivity contribution is 6.15. The molecule has 0 unspecified atom stereocenters. The van der Waals surface area contributed by atoms with Gasteiger partial charge in [-0.2, -0.15) is 0 Å². The van der Waals surface area contributed by atoms with Gasteiger partial charge in [0.05, 0.1) is 5.52 Å². The first-order valence-electron chi connectivity index (χ1n) is 7.27. The van der Waals surface area contributed by atoms with Gasteiger partial charge in [0.15, 0.2) is 5.78 Å². The molecule has 3 rings (SSSR count). The number of aromatic nitrogens is 1. The van der Waals surface area contributed by atoms with Crippen LogP contribution in [0.15, 0.2) is 60.8 Å². The summed E-state index contributed by atoms with van der Waals surface area (Å²) >= 11 is 0. The minimum atomic E-state index is 0.0300. The number of aryl methyl sites for hydroxylation is 1. The molecule has 2 nitrogen and oxygen atoms in total. The van der Waals surface area contributed by atoms with E-state index in [1.807, 2.05) is 54.6 Å². The molecule has 1 aromatic heterocycles. The zero-order valence-electron chi connectivity index (χ0n) is 12.0. The van der Waals surface area contributed by atoms with E-state index in [0.717, 1.165) is 23.7 Å². The van der Waals surface area contributed by atoms with Crippen LogP contribution in [0.1, 0.15) is 34.8 Å². The van der Waals surface area contributed by atoms with Crippen LogP contribution in [-0.4, -0.2) is 10.8 Å². The quantitative estimate of drug-likeness (QED) is 0.660. The van der Waals surface area contributed by atoms with Crippen LogP contribution in [-0.2, 0) is 6.42 Å². The van der Waals surface area contributed by atoms with Crippen molar-refractivity contribution in [3.63, 3.8) is 0 Å². The van der Waals surface area contributed by atoms with Gasteiger partial charge in [-0.25, -0.2) is 0 Å². The van der Waals surface area contributed by atoms with E-state index in [1.165, 1.54) is 5.56 Å². The highest BCUT2D eigenvalue weighted by atomic mass is 16.1. The Kier molecular flexibility index (Phi) is 3.78. The van der Waals surface area contributed by atoms with Gasteiger partial charge in [0.25, 0.3) is 0 Å². The summed E-state index contributed by atoms with van der Waals surface area (Å²) in [7, 11) is 0. The van der Waals surface area contributed by atoms with Crippen molar-refractivity contribution in [3.05, 3.63) is 77.5 Å². The van der Waals surface area contributed by atoms with Crippen molar-refractivity contribution in [3.8, 4) is 0 Å². The molecule has 0 spiro atoms. The Morgan fingerprint density at radius 1 is 1.00 bits per heavy atom. The minimum absolute atomic E-state index is 0.0300. The van der Waals surface area contributed by atoms with Crippen LogP contribution in [0.2, 0.25) is 0 Å². The fourth-order valence-electron chi connectivity index (χ4n) is 2.55. The van der Waals surface area contributed by atoms with Crippen molar-refractivity contribution in [1.29, 1.82) is 0 Å². The monoisotopic (exact) mass is 275 g/mol. The molecule has 2 heteroatoms. The summed E-state index contributed by atoms with van der Waals surface area (Å²) in [5.74, 6) is 0.0300. The minimum Gasteiger partial charge on any atom is -0.289 e. The largest absolute Gasteiger partial charge is 0.289 e.